The van der Waals surface area contributed by atoms with Crippen LogP contribution in [0.4, 0.5) is 13.2 Å². The second-order valence-corrected chi connectivity index (χ2v) is 8.40. The molecule has 0 spiro atoms. The largest absolute Gasteiger partial charge is 0.394 e. The molecule has 2 aromatic heterocycles. The number of aliphatic imine (C=N–C) groups is 1. The normalized spacial score (nSPS) is 15.7. The van der Waals surface area contributed by atoms with Crippen molar-refractivity contribution in [2.45, 2.75) is 18.4 Å². The van der Waals surface area contributed by atoms with Crippen LogP contribution in [0.25, 0.3) is 11.3 Å². The molecule has 1 aliphatic heterocycles. The molecule has 4 rings (SSSR count). The summed E-state index contributed by atoms with van der Waals surface area (Å²) < 4.78 is 74.8. The zero-order valence-electron chi connectivity index (χ0n) is 18.5. The van der Waals surface area contributed by atoms with Crippen LogP contribution >= 0.6 is 0 Å². The van der Waals surface area contributed by atoms with Gasteiger partial charge in [0.25, 0.3) is 0 Å². The summed E-state index contributed by atoms with van der Waals surface area (Å²) in [5, 5.41) is 13.5. The number of benzene rings is 1. The first-order valence-corrected chi connectivity index (χ1v) is 11.4. The molecule has 3 aromatic rings. The first-order chi connectivity index (χ1) is 16.9. The van der Waals surface area contributed by atoms with E-state index in [1.54, 1.807) is 6.92 Å². The number of aromatic nitrogens is 4. The molecular formula is C20H20F3N7O5S. The first kappa shape index (κ1) is 27.0. The number of β-amino-alcohol motifs (C(OH)–C–C–N with tert-alkyl or cyclic N) is 1. The van der Waals surface area contributed by atoms with Crippen molar-refractivity contribution in [2.75, 3.05) is 13.2 Å². The summed E-state index contributed by atoms with van der Waals surface area (Å²) >= 11 is 0. The summed E-state index contributed by atoms with van der Waals surface area (Å²) in [5.74, 6) is -3.10. The maximum atomic E-state index is 14.5. The third-order valence-electron chi connectivity index (χ3n) is 5.19. The van der Waals surface area contributed by atoms with Crippen molar-refractivity contribution in [2.24, 2.45) is 4.99 Å². The van der Waals surface area contributed by atoms with Gasteiger partial charge in [0, 0.05) is 11.5 Å². The molecule has 0 saturated heterocycles. The Labute approximate surface area is 203 Å². The van der Waals surface area contributed by atoms with Crippen molar-refractivity contribution in [3.63, 3.8) is 0 Å². The van der Waals surface area contributed by atoms with Gasteiger partial charge < -0.3 is 5.11 Å². The van der Waals surface area contributed by atoms with Crippen molar-refractivity contribution in [3.05, 3.63) is 72.0 Å². The van der Waals surface area contributed by atoms with Gasteiger partial charge in [0.1, 0.15) is 42.8 Å². The highest BCUT2D eigenvalue weighted by atomic mass is 32.3. The Bertz CT molecular complexity index is 1360. The molecule has 192 valence electrons. The number of nitrogens with one attached hydrogen (secondary N) is 1. The van der Waals surface area contributed by atoms with E-state index in [-0.39, 0.29) is 29.1 Å². The number of hydrazine groups is 1. The van der Waals surface area contributed by atoms with Gasteiger partial charge in [-0.3, -0.25) is 19.1 Å². The summed E-state index contributed by atoms with van der Waals surface area (Å²) in [6.45, 7) is 1.75. The molecule has 3 heterocycles. The standard InChI is InChI=1S/C20H18F3N7O.H2O4S/c1-12(18-16(22)5-24-8-27-18)20(31,7-30-11-26-10-29-30)15-3-2-13(21)4-14(15)19-17(23)6-25-9-28-19;1-5(2,3)4/h2-6,8-9,11-12,29,31H,7,10H2,1H3;(H2,1,2,3,4)/t12-,20+;/m0./s1. The quantitative estimate of drug-likeness (QED) is 0.342. The Morgan fingerprint density at radius 3 is 2.33 bits per heavy atom. The van der Waals surface area contributed by atoms with Crippen LogP contribution in [-0.2, 0) is 16.0 Å². The van der Waals surface area contributed by atoms with Crippen LogP contribution in [0.15, 0.2) is 48.2 Å². The second-order valence-electron chi connectivity index (χ2n) is 7.50. The van der Waals surface area contributed by atoms with Crippen molar-refractivity contribution in [3.8, 4) is 11.3 Å². The minimum Gasteiger partial charge on any atom is -0.383 e. The van der Waals surface area contributed by atoms with Crippen LogP contribution < -0.4 is 5.43 Å². The predicted octanol–water partition coefficient (Wildman–Crippen LogP) is 1.50. The second kappa shape index (κ2) is 11.0. The van der Waals surface area contributed by atoms with Gasteiger partial charge in [-0.25, -0.2) is 38.5 Å². The van der Waals surface area contributed by atoms with Crippen LogP contribution in [0, 0.1) is 17.5 Å². The molecular weight excluding hydrogens is 507 g/mol. The van der Waals surface area contributed by atoms with Gasteiger partial charge >= 0.3 is 10.4 Å². The van der Waals surface area contributed by atoms with Crippen LogP contribution in [-0.4, -0.2) is 67.1 Å². The molecule has 4 N–H and O–H groups in total. The monoisotopic (exact) mass is 527 g/mol. The lowest BCUT2D eigenvalue weighted by atomic mass is 9.77. The molecule has 2 atom stereocenters. The molecule has 0 bridgehead atoms. The minimum atomic E-state index is -4.67. The van der Waals surface area contributed by atoms with E-state index in [0.29, 0.717) is 6.67 Å². The number of nitrogens with zero attached hydrogens (tertiary/aromatic N) is 6. The third kappa shape index (κ3) is 6.55. The summed E-state index contributed by atoms with van der Waals surface area (Å²) in [5.41, 5.74) is 0.983. The van der Waals surface area contributed by atoms with E-state index >= 15 is 0 Å². The number of halogens is 3. The van der Waals surface area contributed by atoms with Gasteiger partial charge in [-0.1, -0.05) is 13.0 Å². The fraction of sp³-hybridized carbons (Fsp3) is 0.250. The fourth-order valence-corrected chi connectivity index (χ4v) is 3.59. The summed E-state index contributed by atoms with van der Waals surface area (Å²) in [6.07, 6.45) is 5.69. The number of hydrogen-bond donors (Lipinski definition) is 4. The smallest absolute Gasteiger partial charge is 0.383 e. The van der Waals surface area contributed by atoms with Crippen molar-refractivity contribution in [1.82, 2.24) is 30.4 Å². The van der Waals surface area contributed by atoms with Gasteiger partial charge in [0.2, 0.25) is 0 Å². The summed E-state index contributed by atoms with van der Waals surface area (Å²) in [6, 6.07) is 3.53. The van der Waals surface area contributed by atoms with E-state index in [1.807, 2.05) is 0 Å². The molecule has 1 aromatic carbocycles. The zero-order chi connectivity index (χ0) is 26.5. The van der Waals surface area contributed by atoms with E-state index in [0.717, 1.165) is 30.9 Å². The fourth-order valence-electron chi connectivity index (χ4n) is 3.59. The van der Waals surface area contributed by atoms with Crippen LogP contribution in [0.5, 0.6) is 0 Å². The van der Waals surface area contributed by atoms with Crippen LogP contribution in [0.3, 0.4) is 0 Å². The number of aliphatic hydroxyl groups is 1. The van der Waals surface area contributed by atoms with E-state index < -0.39 is 39.4 Å². The minimum absolute atomic E-state index is 0.0138. The number of hydrogen-bond acceptors (Lipinski definition) is 10. The van der Waals surface area contributed by atoms with Crippen molar-refractivity contribution < 1.29 is 35.8 Å². The van der Waals surface area contributed by atoms with Crippen molar-refractivity contribution >= 4 is 16.7 Å². The maximum absolute atomic E-state index is 14.5. The summed E-state index contributed by atoms with van der Waals surface area (Å²) in [7, 11) is -4.67. The number of rotatable bonds is 6. The van der Waals surface area contributed by atoms with Gasteiger partial charge in [-0.15, -0.1) is 0 Å². The lowest BCUT2D eigenvalue weighted by Crippen LogP contribution is -2.47. The van der Waals surface area contributed by atoms with E-state index in [9.17, 15) is 18.3 Å². The molecule has 0 fully saturated rings. The molecule has 1 aliphatic rings. The SMILES string of the molecule is C[C@@H](c1ncncc1F)[C@](O)(CN1C=NCN1)c1ccc(F)cc1-c1ncncc1F.O=S(=O)(O)O. The first-order valence-electron chi connectivity index (χ1n) is 10.0. The lowest BCUT2D eigenvalue weighted by Gasteiger charge is -2.38. The summed E-state index contributed by atoms with van der Waals surface area (Å²) in [4.78, 5) is 19.2. The highest BCUT2D eigenvalue weighted by molar-refractivity contribution is 7.79. The topological polar surface area (TPSA) is 174 Å². The van der Waals surface area contributed by atoms with Crippen molar-refractivity contribution in [1.29, 1.82) is 0 Å². The zero-order valence-corrected chi connectivity index (χ0v) is 19.3. The molecule has 16 heteroatoms. The Balaban J connectivity index is 0.000000658. The lowest BCUT2D eigenvalue weighted by molar-refractivity contribution is -0.0135. The Morgan fingerprint density at radius 2 is 1.75 bits per heavy atom. The predicted molar refractivity (Wildman–Crippen MR) is 119 cm³/mol. The molecule has 0 amide bonds. The highest BCUT2D eigenvalue weighted by Crippen LogP contribution is 2.42. The Morgan fingerprint density at radius 1 is 1.11 bits per heavy atom. The molecule has 0 unspecified atom stereocenters. The third-order valence-corrected chi connectivity index (χ3v) is 5.19. The Kier molecular flexibility index (Phi) is 8.26. The molecule has 0 saturated carbocycles. The Hall–Kier alpha value is -3.57. The van der Waals surface area contributed by atoms with Gasteiger partial charge in [0.15, 0.2) is 11.6 Å². The molecule has 36 heavy (non-hydrogen) atoms. The maximum Gasteiger partial charge on any atom is 0.394 e. The van der Waals surface area contributed by atoms with E-state index in [4.69, 9.17) is 17.5 Å². The van der Waals surface area contributed by atoms with Crippen LogP contribution in [0.2, 0.25) is 0 Å². The molecule has 12 nitrogen and oxygen atoms in total. The van der Waals surface area contributed by atoms with Gasteiger partial charge in [-0.05, 0) is 17.7 Å². The van der Waals surface area contributed by atoms with E-state index in [2.05, 4.69) is 30.4 Å². The van der Waals surface area contributed by atoms with E-state index in [1.165, 1.54) is 23.7 Å². The average Bonchev–Trinajstić information content (AvgIpc) is 3.31. The molecule has 0 aliphatic carbocycles. The van der Waals surface area contributed by atoms with Gasteiger partial charge in [0.05, 0.1) is 24.6 Å². The highest BCUT2D eigenvalue weighted by Gasteiger charge is 2.43. The van der Waals surface area contributed by atoms with Crippen LogP contribution in [0.1, 0.15) is 24.1 Å². The van der Waals surface area contributed by atoms with Gasteiger partial charge in [-0.2, -0.15) is 8.42 Å². The molecule has 0 radical (unpaired) electrons. The average molecular weight is 527 g/mol.